The maximum absolute atomic E-state index is 13.0. The van der Waals surface area contributed by atoms with Crippen molar-refractivity contribution in [3.8, 4) is 5.75 Å². The lowest BCUT2D eigenvalue weighted by Gasteiger charge is -2.50. The van der Waals surface area contributed by atoms with E-state index in [0.717, 1.165) is 38.0 Å². The van der Waals surface area contributed by atoms with Crippen molar-refractivity contribution in [3.05, 3.63) is 95.1 Å². The minimum atomic E-state index is -0.646. The van der Waals surface area contributed by atoms with E-state index in [1.54, 1.807) is 0 Å². The fraction of sp³-hybridized carbons (Fsp3) is 0.525. The molecule has 0 aliphatic heterocycles. The number of allylic oxidation sites excluding steroid dienone is 5. The number of hydrogen-bond acceptors (Lipinski definition) is 2. The third-order valence-corrected chi connectivity index (χ3v) is 11.4. The highest BCUT2D eigenvalue weighted by Crippen LogP contribution is 2.54. The first-order valence-electron chi connectivity index (χ1n) is 17.2. The molecule has 1 saturated carbocycles. The van der Waals surface area contributed by atoms with Crippen LogP contribution in [-0.2, 0) is 16.6 Å². The molecule has 2 aromatic carbocycles. The highest BCUT2D eigenvalue weighted by Gasteiger charge is 2.51. The van der Waals surface area contributed by atoms with Crippen molar-refractivity contribution in [1.82, 2.24) is 0 Å². The van der Waals surface area contributed by atoms with Gasteiger partial charge in [0.05, 0.1) is 5.92 Å². The number of rotatable bonds is 9. The van der Waals surface area contributed by atoms with Gasteiger partial charge in [-0.05, 0) is 116 Å². The van der Waals surface area contributed by atoms with Gasteiger partial charge < -0.3 is 10.2 Å². The molecule has 2 bridgehead atoms. The predicted octanol–water partition coefficient (Wildman–Crippen LogP) is 10.1. The molecular weight excluding hydrogens is 528 g/mol. The maximum Gasteiger partial charge on any atom is 0.307 e. The fourth-order valence-corrected chi connectivity index (χ4v) is 9.10. The van der Waals surface area contributed by atoms with Crippen molar-refractivity contribution < 1.29 is 15.0 Å². The number of phenols is 1. The molecule has 1 fully saturated rings. The van der Waals surface area contributed by atoms with E-state index < -0.39 is 11.9 Å². The van der Waals surface area contributed by atoms with Crippen molar-refractivity contribution in [2.75, 3.05) is 0 Å². The Balaban J connectivity index is 1.29. The van der Waals surface area contributed by atoms with Crippen molar-refractivity contribution in [3.63, 3.8) is 0 Å². The Hall–Kier alpha value is -3.07. The third-order valence-electron chi connectivity index (χ3n) is 11.4. The summed E-state index contributed by atoms with van der Waals surface area (Å²) in [6, 6.07) is 14.9. The lowest BCUT2D eigenvalue weighted by atomic mass is 9.53. The van der Waals surface area contributed by atoms with Gasteiger partial charge >= 0.3 is 5.97 Å². The van der Waals surface area contributed by atoms with Crippen LogP contribution in [0.3, 0.4) is 0 Å². The highest BCUT2D eigenvalue weighted by atomic mass is 16.4. The van der Waals surface area contributed by atoms with Gasteiger partial charge in [-0.3, -0.25) is 4.79 Å². The van der Waals surface area contributed by atoms with Crippen LogP contribution >= 0.6 is 0 Å². The van der Waals surface area contributed by atoms with Crippen LogP contribution < -0.4 is 0 Å². The molecule has 0 radical (unpaired) electrons. The third kappa shape index (κ3) is 6.56. The van der Waals surface area contributed by atoms with Gasteiger partial charge in [-0.2, -0.15) is 0 Å². The molecule has 0 aromatic heterocycles. The lowest BCUT2D eigenvalue weighted by molar-refractivity contribution is -0.146. The quantitative estimate of drug-likeness (QED) is 0.230. The van der Waals surface area contributed by atoms with Crippen LogP contribution in [0, 0.1) is 23.7 Å². The predicted molar refractivity (Wildman–Crippen MR) is 176 cm³/mol. The molecule has 0 saturated heterocycles. The maximum atomic E-state index is 13.0. The second kappa shape index (κ2) is 13.7. The van der Waals surface area contributed by atoms with Crippen LogP contribution in [0.4, 0.5) is 0 Å². The van der Waals surface area contributed by atoms with Gasteiger partial charge in [-0.25, -0.2) is 0 Å². The molecule has 0 unspecified atom stereocenters. The van der Waals surface area contributed by atoms with Crippen molar-refractivity contribution in [1.29, 1.82) is 0 Å². The summed E-state index contributed by atoms with van der Waals surface area (Å²) in [7, 11) is 0. The van der Waals surface area contributed by atoms with E-state index in [-0.39, 0.29) is 11.3 Å². The SMILES string of the molecule is O=C(O)[C@H]1CC=CC[C@H](CCCCCC[C@H]2C=CCC2)[C@@H](c2ccc(O)cc2)Cc2ccc3c(c2)[C@@]12CCCC[C@@H]2C=C3. The number of hydrogen-bond donors (Lipinski definition) is 2. The monoisotopic (exact) mass is 578 g/mol. The van der Waals surface area contributed by atoms with Crippen molar-refractivity contribution in [2.24, 2.45) is 23.7 Å². The van der Waals surface area contributed by atoms with Gasteiger partial charge in [0.2, 0.25) is 0 Å². The van der Waals surface area contributed by atoms with E-state index in [1.165, 1.54) is 80.0 Å². The van der Waals surface area contributed by atoms with Crippen LogP contribution in [0.15, 0.2) is 72.8 Å². The molecule has 3 nitrogen and oxygen atoms in total. The van der Waals surface area contributed by atoms with Crippen LogP contribution in [0.1, 0.15) is 118 Å². The number of carboxylic acids is 1. The Morgan fingerprint density at radius 2 is 1.67 bits per heavy atom. The summed E-state index contributed by atoms with van der Waals surface area (Å²) in [5.74, 6) is 1.16. The molecule has 6 rings (SSSR count). The van der Waals surface area contributed by atoms with Gasteiger partial charge in [0.25, 0.3) is 0 Å². The largest absolute Gasteiger partial charge is 0.508 e. The van der Waals surface area contributed by atoms with E-state index in [2.05, 4.69) is 66.8 Å². The highest BCUT2D eigenvalue weighted by molar-refractivity contribution is 5.75. The first-order valence-corrected chi connectivity index (χ1v) is 17.2. The first-order chi connectivity index (χ1) is 21.0. The molecule has 0 heterocycles. The van der Waals surface area contributed by atoms with Crippen LogP contribution in [0.2, 0.25) is 0 Å². The van der Waals surface area contributed by atoms with E-state index in [0.29, 0.717) is 24.0 Å². The minimum absolute atomic E-state index is 0.284. The summed E-state index contributed by atoms with van der Waals surface area (Å²) in [6.07, 6.45) is 30.9. The number of aromatic hydroxyl groups is 1. The zero-order valence-electron chi connectivity index (χ0n) is 25.8. The van der Waals surface area contributed by atoms with Crippen LogP contribution in [-0.4, -0.2) is 16.2 Å². The standard InChI is InChI=1S/C40H50O3/c41-35-24-21-32(22-25-35)36-27-30-18-19-33-20-23-34-16-9-10-26-40(34,38(33)28-30)37(39(42)43)17-8-7-15-31(36)14-4-2-1-3-11-29-12-5-6-13-29/h5,7-8,12,18-25,28-29,31,34,36-37,41H,1-4,6,9-11,13-17,26-27H2,(H,42,43)/t29-,31-,34+,36-,37+,40+/m0/s1. The number of fused-ring (bicyclic) bond motifs is 1. The number of aliphatic carboxylic acids is 1. The molecule has 0 amide bonds. The Morgan fingerprint density at radius 1 is 0.860 bits per heavy atom. The number of unbranched alkanes of at least 4 members (excludes halogenated alkanes) is 3. The molecule has 4 aliphatic rings. The van der Waals surface area contributed by atoms with E-state index in [4.69, 9.17) is 0 Å². The fourth-order valence-electron chi connectivity index (χ4n) is 9.10. The molecule has 2 N–H and O–H groups in total. The Bertz CT molecular complexity index is 1330. The van der Waals surface area contributed by atoms with Gasteiger partial charge in [0, 0.05) is 5.41 Å². The number of carbonyl (C=O) groups is 1. The van der Waals surface area contributed by atoms with Crippen LogP contribution in [0.5, 0.6) is 5.75 Å². The zero-order valence-corrected chi connectivity index (χ0v) is 25.8. The summed E-state index contributed by atoms with van der Waals surface area (Å²) in [4.78, 5) is 13.0. The van der Waals surface area contributed by atoms with Gasteiger partial charge in [-0.1, -0.05) is 105 Å². The zero-order chi connectivity index (χ0) is 29.6. The molecule has 228 valence electrons. The number of carboxylic acid groups (broad SMARTS) is 1. The molecule has 3 heteroatoms. The number of benzene rings is 2. The average molecular weight is 579 g/mol. The van der Waals surface area contributed by atoms with Crippen LogP contribution in [0.25, 0.3) is 6.08 Å². The van der Waals surface area contributed by atoms with Crippen molar-refractivity contribution >= 4 is 12.0 Å². The second-order valence-electron chi connectivity index (χ2n) is 13.9. The van der Waals surface area contributed by atoms with Gasteiger partial charge in [-0.15, -0.1) is 0 Å². The Labute approximate surface area is 258 Å². The average Bonchev–Trinajstić information content (AvgIpc) is 3.54. The normalized spacial score (nSPS) is 29.9. The van der Waals surface area contributed by atoms with Gasteiger partial charge in [0.15, 0.2) is 0 Å². The first kappa shape index (κ1) is 30.0. The molecule has 4 aliphatic carbocycles. The summed E-state index contributed by atoms with van der Waals surface area (Å²) in [5.41, 5.74) is 4.76. The topological polar surface area (TPSA) is 57.5 Å². The molecule has 43 heavy (non-hydrogen) atoms. The lowest BCUT2D eigenvalue weighted by Crippen LogP contribution is -2.48. The number of phenolic OH excluding ortho intramolecular Hbond substituents is 1. The van der Waals surface area contributed by atoms with E-state index in [1.807, 2.05) is 12.1 Å². The Morgan fingerprint density at radius 3 is 2.47 bits per heavy atom. The van der Waals surface area contributed by atoms with Crippen molar-refractivity contribution in [2.45, 2.75) is 108 Å². The van der Waals surface area contributed by atoms with Gasteiger partial charge in [0.1, 0.15) is 5.75 Å². The van der Waals surface area contributed by atoms with E-state index >= 15 is 0 Å². The molecule has 1 spiro atoms. The summed E-state index contributed by atoms with van der Waals surface area (Å²) < 4.78 is 0. The second-order valence-corrected chi connectivity index (χ2v) is 13.9. The Kier molecular flexibility index (Phi) is 9.55. The summed E-state index contributed by atoms with van der Waals surface area (Å²) in [6.45, 7) is 0. The summed E-state index contributed by atoms with van der Waals surface area (Å²) in [5, 5.41) is 20.8. The molecule has 6 atom stereocenters. The molecule has 2 aromatic rings. The molecular formula is C40H50O3. The van der Waals surface area contributed by atoms with E-state index in [9.17, 15) is 15.0 Å². The minimum Gasteiger partial charge on any atom is -0.508 e. The summed E-state index contributed by atoms with van der Waals surface area (Å²) >= 11 is 0. The smallest absolute Gasteiger partial charge is 0.307 e.